The summed E-state index contributed by atoms with van der Waals surface area (Å²) in [4.78, 5) is 15.7. The van der Waals surface area contributed by atoms with E-state index in [1.165, 1.54) is 0 Å². The van der Waals surface area contributed by atoms with Crippen LogP contribution in [0.25, 0.3) is 0 Å². The van der Waals surface area contributed by atoms with E-state index in [1.807, 2.05) is 24.8 Å². The fourth-order valence-electron chi connectivity index (χ4n) is 1.94. The Kier molecular flexibility index (Phi) is 3.49. The first kappa shape index (κ1) is 11.5. The minimum atomic E-state index is -0.852. The highest BCUT2D eigenvalue weighted by Crippen LogP contribution is 2.25. The highest BCUT2D eigenvalue weighted by molar-refractivity contribution is 7.98. The average molecular weight is 237 g/mol. The van der Waals surface area contributed by atoms with Crippen LogP contribution in [0, 0.1) is 0 Å². The fourth-order valence-corrected chi connectivity index (χ4v) is 2.89. The maximum Gasteiger partial charge on any atom is 0.337 e. The third kappa shape index (κ3) is 2.21. The molecule has 0 amide bonds. The Hall–Kier alpha value is -1.03. The van der Waals surface area contributed by atoms with E-state index in [1.54, 1.807) is 0 Å². The molecule has 0 saturated carbocycles. The zero-order valence-corrected chi connectivity index (χ0v) is 10.1. The Balaban J connectivity index is 2.45. The molecule has 0 radical (unpaired) electrons. The van der Waals surface area contributed by atoms with E-state index in [0.29, 0.717) is 5.56 Å². The van der Waals surface area contributed by atoms with Gasteiger partial charge in [0.2, 0.25) is 0 Å². The number of hydrogen-bond donors (Lipinski definition) is 1. The van der Waals surface area contributed by atoms with Gasteiger partial charge in [-0.25, -0.2) is 4.79 Å². The van der Waals surface area contributed by atoms with E-state index in [9.17, 15) is 4.79 Å². The lowest BCUT2D eigenvalue weighted by Gasteiger charge is -2.17. The normalized spacial score (nSPS) is 14.6. The monoisotopic (exact) mass is 237 g/mol. The van der Waals surface area contributed by atoms with E-state index in [2.05, 4.69) is 4.98 Å². The van der Waals surface area contributed by atoms with Gasteiger partial charge in [0.15, 0.2) is 0 Å². The molecular weight excluding hydrogens is 222 g/mol. The Bertz CT molecular complexity index is 418. The third-order valence-corrected chi connectivity index (χ3v) is 3.74. The average Bonchev–Trinajstić information content (AvgIpc) is 2.28. The molecule has 86 valence electrons. The molecule has 0 atom stereocenters. The second-order valence-electron chi connectivity index (χ2n) is 3.95. The molecule has 3 nitrogen and oxygen atoms in total. The van der Waals surface area contributed by atoms with E-state index >= 15 is 0 Å². The molecule has 1 aliphatic heterocycles. The number of aromatic nitrogens is 1. The second-order valence-corrected chi connectivity index (χ2v) is 5.05. The molecular formula is C12H15NO2S. The number of hydrogen-bond acceptors (Lipinski definition) is 3. The molecule has 0 unspecified atom stereocenters. The zero-order valence-electron chi connectivity index (χ0n) is 9.32. The Labute approximate surface area is 99.3 Å². The number of fused-ring (bicyclic) bond motifs is 1. The lowest BCUT2D eigenvalue weighted by molar-refractivity contribution is 0.0695. The van der Waals surface area contributed by atoms with Crippen LogP contribution in [0.2, 0.25) is 0 Å². The summed E-state index contributed by atoms with van der Waals surface area (Å²) < 4.78 is 0. The third-order valence-electron chi connectivity index (χ3n) is 2.73. The van der Waals surface area contributed by atoms with Crippen LogP contribution >= 0.6 is 11.8 Å². The van der Waals surface area contributed by atoms with Crippen LogP contribution in [0.4, 0.5) is 0 Å². The van der Waals surface area contributed by atoms with Crippen LogP contribution in [0.5, 0.6) is 0 Å². The maximum absolute atomic E-state index is 11.1. The van der Waals surface area contributed by atoms with Gasteiger partial charge < -0.3 is 5.11 Å². The Morgan fingerprint density at radius 1 is 1.62 bits per heavy atom. The molecule has 0 bridgehead atoms. The van der Waals surface area contributed by atoms with Crippen LogP contribution in [0.3, 0.4) is 0 Å². The van der Waals surface area contributed by atoms with Crippen molar-refractivity contribution < 1.29 is 9.90 Å². The summed E-state index contributed by atoms with van der Waals surface area (Å²) in [6, 6.07) is 1.82. The zero-order chi connectivity index (χ0) is 11.5. The van der Waals surface area contributed by atoms with Gasteiger partial charge in [-0.2, -0.15) is 11.8 Å². The van der Waals surface area contributed by atoms with Crippen LogP contribution < -0.4 is 0 Å². The Morgan fingerprint density at radius 2 is 2.44 bits per heavy atom. The molecule has 16 heavy (non-hydrogen) atoms. The van der Waals surface area contributed by atoms with Crippen molar-refractivity contribution in [3.63, 3.8) is 0 Å². The van der Waals surface area contributed by atoms with Crippen LogP contribution in [-0.2, 0) is 18.6 Å². The molecule has 1 aromatic heterocycles. The summed E-state index contributed by atoms with van der Waals surface area (Å²) in [5.41, 5.74) is 3.35. The maximum atomic E-state index is 11.1. The molecule has 4 heteroatoms. The molecule has 0 fully saturated rings. The summed E-state index contributed by atoms with van der Waals surface area (Å²) in [5.74, 6) is 1.14. The number of carbonyl (C=O) groups is 1. The van der Waals surface area contributed by atoms with Gasteiger partial charge in [-0.1, -0.05) is 13.3 Å². The first-order valence-electron chi connectivity index (χ1n) is 5.55. The predicted molar refractivity (Wildman–Crippen MR) is 65.1 cm³/mol. The highest BCUT2D eigenvalue weighted by Gasteiger charge is 2.18. The summed E-state index contributed by atoms with van der Waals surface area (Å²) in [7, 11) is 0. The van der Waals surface area contributed by atoms with Gasteiger partial charge in [-0.3, -0.25) is 4.98 Å². The van der Waals surface area contributed by atoms with E-state index in [0.717, 1.165) is 47.7 Å². The van der Waals surface area contributed by atoms with Crippen LogP contribution in [0.15, 0.2) is 6.07 Å². The lowest BCUT2D eigenvalue weighted by atomic mass is 10.0. The number of pyridine rings is 1. The largest absolute Gasteiger partial charge is 0.478 e. The standard InChI is InChI=1S/C12H15NO2S/c1-2-3-11-9(12(14)15)6-8-7-16-5-4-10(8)13-11/h6H,2-5,7H2,1H3,(H,14,15). The van der Waals surface area contributed by atoms with Crippen molar-refractivity contribution in [1.29, 1.82) is 0 Å². The fraction of sp³-hybridized carbons (Fsp3) is 0.500. The number of aryl methyl sites for hydroxylation is 2. The van der Waals surface area contributed by atoms with Crippen molar-refractivity contribution in [2.24, 2.45) is 0 Å². The van der Waals surface area contributed by atoms with E-state index < -0.39 is 5.97 Å². The molecule has 2 rings (SSSR count). The van der Waals surface area contributed by atoms with Gasteiger partial charge in [0.05, 0.1) is 11.3 Å². The summed E-state index contributed by atoms with van der Waals surface area (Å²) in [6.45, 7) is 2.04. The van der Waals surface area contributed by atoms with Crippen molar-refractivity contribution >= 4 is 17.7 Å². The first-order chi connectivity index (χ1) is 7.72. The predicted octanol–water partition coefficient (Wildman–Crippen LogP) is 2.52. The first-order valence-corrected chi connectivity index (χ1v) is 6.70. The number of carboxylic acid groups (broad SMARTS) is 1. The highest BCUT2D eigenvalue weighted by atomic mass is 32.2. The number of carboxylic acids is 1. The second kappa shape index (κ2) is 4.87. The van der Waals surface area contributed by atoms with Crippen LogP contribution in [-0.4, -0.2) is 21.8 Å². The Morgan fingerprint density at radius 3 is 3.12 bits per heavy atom. The number of aromatic carboxylic acids is 1. The van der Waals surface area contributed by atoms with Crippen molar-refractivity contribution in [2.45, 2.75) is 31.9 Å². The number of nitrogens with zero attached hydrogens (tertiary/aromatic N) is 1. The van der Waals surface area contributed by atoms with Crippen molar-refractivity contribution in [1.82, 2.24) is 4.98 Å². The molecule has 1 aromatic rings. The summed E-state index contributed by atoms with van der Waals surface area (Å²) in [6.07, 6.45) is 2.65. The quantitative estimate of drug-likeness (QED) is 0.877. The van der Waals surface area contributed by atoms with Gasteiger partial charge >= 0.3 is 5.97 Å². The lowest BCUT2D eigenvalue weighted by Crippen LogP contribution is -2.13. The topological polar surface area (TPSA) is 50.2 Å². The van der Waals surface area contributed by atoms with Crippen molar-refractivity contribution in [3.8, 4) is 0 Å². The summed E-state index contributed by atoms with van der Waals surface area (Å²) in [5, 5.41) is 9.15. The smallest absolute Gasteiger partial charge is 0.337 e. The molecule has 0 aliphatic carbocycles. The summed E-state index contributed by atoms with van der Waals surface area (Å²) >= 11 is 1.84. The molecule has 1 aliphatic rings. The van der Waals surface area contributed by atoms with Crippen molar-refractivity contribution in [3.05, 3.63) is 28.6 Å². The SMILES string of the molecule is CCCc1nc2c(cc1C(=O)O)CSCC2. The van der Waals surface area contributed by atoms with Crippen LogP contribution in [0.1, 0.15) is 40.7 Å². The minimum Gasteiger partial charge on any atom is -0.478 e. The molecule has 1 N–H and O–H groups in total. The molecule has 0 aromatic carbocycles. The molecule has 2 heterocycles. The molecule has 0 saturated heterocycles. The van der Waals surface area contributed by atoms with Gasteiger partial charge in [0.1, 0.15) is 0 Å². The van der Waals surface area contributed by atoms with Gasteiger partial charge in [0, 0.05) is 11.4 Å². The van der Waals surface area contributed by atoms with Gasteiger partial charge in [-0.05, 0) is 30.2 Å². The van der Waals surface area contributed by atoms with Gasteiger partial charge in [-0.15, -0.1) is 0 Å². The number of thioether (sulfide) groups is 1. The molecule has 0 spiro atoms. The van der Waals surface area contributed by atoms with Crippen molar-refractivity contribution in [2.75, 3.05) is 5.75 Å². The minimum absolute atomic E-state index is 0.392. The van der Waals surface area contributed by atoms with E-state index in [-0.39, 0.29) is 0 Å². The number of rotatable bonds is 3. The van der Waals surface area contributed by atoms with E-state index in [4.69, 9.17) is 5.11 Å². The van der Waals surface area contributed by atoms with Gasteiger partial charge in [0.25, 0.3) is 0 Å².